The molecule has 1 saturated carbocycles. The van der Waals surface area contributed by atoms with Gasteiger partial charge in [-0.15, -0.1) is 0 Å². The lowest BCUT2D eigenvalue weighted by atomic mass is 10.2. The summed E-state index contributed by atoms with van der Waals surface area (Å²) in [7, 11) is 0. The zero-order chi connectivity index (χ0) is 11.7. The molecule has 0 aromatic heterocycles. The van der Waals surface area contributed by atoms with Crippen molar-refractivity contribution in [2.45, 2.75) is 19.4 Å². The summed E-state index contributed by atoms with van der Waals surface area (Å²) in [6.07, 6.45) is 1.04. The Balaban J connectivity index is 2.29. The fourth-order valence-electron chi connectivity index (χ4n) is 1.60. The minimum Gasteiger partial charge on any atom is -0.376 e. The number of anilines is 1. The number of nitrogens with zero attached hydrogens (tertiary/aromatic N) is 2. The first-order chi connectivity index (χ1) is 7.61. The van der Waals surface area contributed by atoms with E-state index in [0.29, 0.717) is 23.2 Å². The van der Waals surface area contributed by atoms with Gasteiger partial charge in [0.05, 0.1) is 16.6 Å². The van der Waals surface area contributed by atoms with Gasteiger partial charge < -0.3 is 5.32 Å². The quantitative estimate of drug-likeness (QED) is 0.622. The van der Waals surface area contributed by atoms with E-state index in [-0.39, 0.29) is 5.69 Å². The van der Waals surface area contributed by atoms with E-state index in [9.17, 15) is 10.1 Å². The third-order valence-electron chi connectivity index (χ3n) is 2.77. The van der Waals surface area contributed by atoms with Gasteiger partial charge in [0.25, 0.3) is 5.69 Å². The number of nitrogens with one attached hydrogen (secondary N) is 1. The molecule has 16 heavy (non-hydrogen) atoms. The summed E-state index contributed by atoms with van der Waals surface area (Å²) in [4.78, 5) is 10.4. The molecule has 1 aromatic rings. The van der Waals surface area contributed by atoms with Crippen LogP contribution in [0.1, 0.15) is 18.9 Å². The Morgan fingerprint density at radius 1 is 1.62 bits per heavy atom. The van der Waals surface area contributed by atoms with Crippen LogP contribution in [0.15, 0.2) is 18.2 Å². The molecule has 0 spiro atoms. The lowest BCUT2D eigenvalue weighted by molar-refractivity contribution is -0.384. The summed E-state index contributed by atoms with van der Waals surface area (Å²) in [6, 6.07) is 6.71. The lowest BCUT2D eigenvalue weighted by Gasteiger charge is -2.05. The van der Waals surface area contributed by atoms with Crippen molar-refractivity contribution < 1.29 is 4.92 Å². The summed E-state index contributed by atoms with van der Waals surface area (Å²) in [5.41, 5.74) is 0.776. The molecule has 0 heterocycles. The van der Waals surface area contributed by atoms with Crippen LogP contribution in [0.3, 0.4) is 0 Å². The molecular weight excluding hydrogens is 206 g/mol. The van der Waals surface area contributed by atoms with Gasteiger partial charge in [0.1, 0.15) is 5.69 Å². The molecule has 2 atom stereocenters. The van der Waals surface area contributed by atoms with Crippen LogP contribution in [-0.4, -0.2) is 11.0 Å². The predicted octanol–water partition coefficient (Wildman–Crippen LogP) is 2.29. The number of hydrogen-bond acceptors (Lipinski definition) is 4. The van der Waals surface area contributed by atoms with Crippen molar-refractivity contribution in [2.75, 3.05) is 5.32 Å². The Morgan fingerprint density at radius 3 is 2.81 bits per heavy atom. The molecule has 0 amide bonds. The average molecular weight is 217 g/mol. The SMILES string of the molecule is CC1CC1Nc1ccc(C#N)cc1[N+](=O)[O-]. The van der Waals surface area contributed by atoms with Crippen LogP contribution in [0.5, 0.6) is 0 Å². The highest BCUT2D eigenvalue weighted by Gasteiger charge is 2.33. The number of nitro benzene ring substituents is 1. The molecule has 2 rings (SSSR count). The summed E-state index contributed by atoms with van der Waals surface area (Å²) < 4.78 is 0. The Labute approximate surface area is 92.8 Å². The molecule has 1 aromatic carbocycles. The molecule has 0 aliphatic heterocycles. The summed E-state index contributed by atoms with van der Waals surface area (Å²) in [5, 5.41) is 22.6. The molecule has 2 unspecified atom stereocenters. The molecule has 1 fully saturated rings. The molecule has 82 valence electrons. The molecule has 5 heteroatoms. The molecular formula is C11H11N3O2. The minimum absolute atomic E-state index is 0.0295. The molecule has 0 saturated heterocycles. The van der Waals surface area contributed by atoms with Gasteiger partial charge >= 0.3 is 0 Å². The van der Waals surface area contributed by atoms with Crippen molar-refractivity contribution in [1.82, 2.24) is 0 Å². The van der Waals surface area contributed by atoms with Crippen LogP contribution in [0.25, 0.3) is 0 Å². The van der Waals surface area contributed by atoms with Crippen LogP contribution >= 0.6 is 0 Å². The average Bonchev–Trinajstić information content (AvgIpc) is 2.94. The third-order valence-corrected chi connectivity index (χ3v) is 2.77. The van der Waals surface area contributed by atoms with Crippen molar-refractivity contribution in [3.05, 3.63) is 33.9 Å². The van der Waals surface area contributed by atoms with E-state index in [1.54, 1.807) is 12.1 Å². The van der Waals surface area contributed by atoms with Crippen LogP contribution in [0.2, 0.25) is 0 Å². The molecule has 0 radical (unpaired) electrons. The second kappa shape index (κ2) is 3.81. The fraction of sp³-hybridized carbons (Fsp3) is 0.364. The van der Waals surface area contributed by atoms with Crippen molar-refractivity contribution in [3.8, 4) is 6.07 Å². The molecule has 1 aliphatic carbocycles. The van der Waals surface area contributed by atoms with Gasteiger partial charge in [-0.2, -0.15) is 5.26 Å². The highest BCUT2D eigenvalue weighted by molar-refractivity contribution is 5.64. The third kappa shape index (κ3) is 1.96. The zero-order valence-electron chi connectivity index (χ0n) is 8.80. The van der Waals surface area contributed by atoms with Gasteiger partial charge in [0.15, 0.2) is 0 Å². The molecule has 5 nitrogen and oxygen atoms in total. The predicted molar refractivity (Wildman–Crippen MR) is 59.0 cm³/mol. The van der Waals surface area contributed by atoms with E-state index in [2.05, 4.69) is 12.2 Å². The number of benzene rings is 1. The van der Waals surface area contributed by atoms with Gasteiger partial charge in [0, 0.05) is 12.1 Å². The van der Waals surface area contributed by atoms with Gasteiger partial charge in [-0.05, 0) is 24.5 Å². The normalized spacial score (nSPS) is 22.2. The second-order valence-corrected chi connectivity index (χ2v) is 4.06. The summed E-state index contributed by atoms with van der Waals surface area (Å²) in [5.74, 6) is 0.565. The Bertz CT molecular complexity index is 479. The van der Waals surface area contributed by atoms with Crippen molar-refractivity contribution in [2.24, 2.45) is 5.92 Å². The topological polar surface area (TPSA) is 79.0 Å². The zero-order valence-corrected chi connectivity index (χ0v) is 8.80. The Morgan fingerprint density at radius 2 is 2.31 bits per heavy atom. The monoisotopic (exact) mass is 217 g/mol. The van der Waals surface area contributed by atoms with E-state index >= 15 is 0 Å². The van der Waals surface area contributed by atoms with Crippen molar-refractivity contribution >= 4 is 11.4 Å². The fourth-order valence-corrected chi connectivity index (χ4v) is 1.60. The van der Waals surface area contributed by atoms with Gasteiger partial charge in [-0.1, -0.05) is 6.92 Å². The van der Waals surface area contributed by atoms with Gasteiger partial charge in [-0.3, -0.25) is 10.1 Å². The van der Waals surface area contributed by atoms with Crippen LogP contribution in [-0.2, 0) is 0 Å². The van der Waals surface area contributed by atoms with Crippen molar-refractivity contribution in [1.29, 1.82) is 5.26 Å². The van der Waals surface area contributed by atoms with Crippen LogP contribution in [0, 0.1) is 27.4 Å². The smallest absolute Gasteiger partial charge is 0.293 e. The van der Waals surface area contributed by atoms with E-state index in [1.807, 2.05) is 6.07 Å². The van der Waals surface area contributed by atoms with Crippen LogP contribution < -0.4 is 5.32 Å². The number of nitriles is 1. The number of hydrogen-bond donors (Lipinski definition) is 1. The molecule has 1 aliphatic rings. The van der Waals surface area contributed by atoms with Crippen molar-refractivity contribution in [3.63, 3.8) is 0 Å². The highest BCUT2D eigenvalue weighted by atomic mass is 16.6. The molecule has 1 N–H and O–H groups in total. The van der Waals surface area contributed by atoms with E-state index in [0.717, 1.165) is 6.42 Å². The number of rotatable bonds is 3. The maximum atomic E-state index is 10.8. The van der Waals surface area contributed by atoms with E-state index < -0.39 is 4.92 Å². The second-order valence-electron chi connectivity index (χ2n) is 4.06. The molecule has 0 bridgehead atoms. The lowest BCUT2D eigenvalue weighted by Crippen LogP contribution is -2.06. The summed E-state index contributed by atoms with van der Waals surface area (Å²) in [6.45, 7) is 2.09. The van der Waals surface area contributed by atoms with E-state index in [4.69, 9.17) is 5.26 Å². The standard InChI is InChI=1S/C11H11N3O2/c1-7-4-10(7)13-9-3-2-8(6-12)5-11(9)14(15)16/h2-3,5,7,10,13H,4H2,1H3. The number of nitro groups is 1. The highest BCUT2D eigenvalue weighted by Crippen LogP contribution is 2.35. The first kappa shape index (κ1) is 10.4. The van der Waals surface area contributed by atoms with Gasteiger partial charge in [-0.25, -0.2) is 0 Å². The maximum absolute atomic E-state index is 10.8. The maximum Gasteiger partial charge on any atom is 0.293 e. The first-order valence-electron chi connectivity index (χ1n) is 5.07. The van der Waals surface area contributed by atoms with E-state index in [1.165, 1.54) is 6.07 Å². The Hall–Kier alpha value is -2.09. The van der Waals surface area contributed by atoms with Crippen LogP contribution in [0.4, 0.5) is 11.4 Å². The summed E-state index contributed by atoms with van der Waals surface area (Å²) >= 11 is 0. The van der Waals surface area contributed by atoms with Gasteiger partial charge in [0.2, 0.25) is 0 Å². The minimum atomic E-state index is -0.462. The largest absolute Gasteiger partial charge is 0.376 e. The first-order valence-corrected chi connectivity index (χ1v) is 5.07. The Kier molecular flexibility index (Phi) is 2.49.